The second kappa shape index (κ2) is 5.90. The number of aryl methyl sites for hydroxylation is 2. The Kier molecular flexibility index (Phi) is 4.81. The van der Waals surface area contributed by atoms with E-state index in [2.05, 4.69) is 6.07 Å². The lowest BCUT2D eigenvalue weighted by Crippen LogP contribution is -2.26. The van der Waals surface area contributed by atoms with Gasteiger partial charge in [0, 0.05) is 25.0 Å². The molecule has 0 atom stereocenters. The van der Waals surface area contributed by atoms with E-state index in [4.69, 9.17) is 11.6 Å². The average Bonchev–Trinajstić information content (AvgIpc) is 2.23. The van der Waals surface area contributed by atoms with Gasteiger partial charge in [-0.3, -0.25) is 4.79 Å². The molecule has 88 valence electrons. The number of halogens is 1. The Hall–Kier alpha value is -1.02. The van der Waals surface area contributed by atoms with Crippen molar-refractivity contribution >= 4 is 23.2 Å². The number of amides is 1. The Balaban J connectivity index is 2.79. The zero-order valence-electron chi connectivity index (χ0n) is 10.1. The minimum atomic E-state index is 0.116. The van der Waals surface area contributed by atoms with Crippen LogP contribution in [-0.4, -0.2) is 18.8 Å². The number of benzene rings is 1. The average molecular weight is 240 g/mol. The number of hydrogen-bond acceptors (Lipinski definition) is 1. The van der Waals surface area contributed by atoms with Crippen molar-refractivity contribution in [3.8, 4) is 0 Å². The fourth-order valence-corrected chi connectivity index (χ4v) is 1.81. The van der Waals surface area contributed by atoms with Gasteiger partial charge in [-0.2, -0.15) is 0 Å². The smallest absolute Gasteiger partial charge is 0.226 e. The third-order valence-corrected chi connectivity index (χ3v) is 2.76. The number of carbonyl (C=O) groups excluding carboxylic acids is 1. The quantitative estimate of drug-likeness (QED) is 0.739. The lowest BCUT2D eigenvalue weighted by Gasteiger charge is -2.18. The molecular weight excluding hydrogens is 222 g/mol. The topological polar surface area (TPSA) is 20.3 Å². The summed E-state index contributed by atoms with van der Waals surface area (Å²) in [5.41, 5.74) is 3.30. The number of carbonyl (C=O) groups is 1. The van der Waals surface area contributed by atoms with E-state index in [1.54, 1.807) is 4.90 Å². The maximum Gasteiger partial charge on any atom is 0.226 e. The van der Waals surface area contributed by atoms with Crippen LogP contribution in [0.1, 0.15) is 24.0 Å². The van der Waals surface area contributed by atoms with E-state index in [1.807, 2.05) is 33.0 Å². The summed E-state index contributed by atoms with van der Waals surface area (Å²) in [4.78, 5) is 13.5. The van der Waals surface area contributed by atoms with E-state index in [0.29, 0.717) is 12.3 Å². The van der Waals surface area contributed by atoms with E-state index in [0.717, 1.165) is 12.1 Å². The summed E-state index contributed by atoms with van der Waals surface area (Å²) in [5.74, 6) is 0.650. The first kappa shape index (κ1) is 13.0. The molecule has 2 nitrogen and oxygen atoms in total. The number of hydrogen-bond donors (Lipinski definition) is 0. The highest BCUT2D eigenvalue weighted by Gasteiger charge is 2.10. The summed E-state index contributed by atoms with van der Waals surface area (Å²) in [5, 5.41) is 0. The molecule has 0 heterocycles. The van der Waals surface area contributed by atoms with Crippen molar-refractivity contribution in [3.05, 3.63) is 29.3 Å². The predicted molar refractivity (Wildman–Crippen MR) is 69.3 cm³/mol. The summed E-state index contributed by atoms with van der Waals surface area (Å²) in [7, 11) is 1.81. The molecule has 0 unspecified atom stereocenters. The SMILES string of the molecule is Cc1cc(C)cc(N(C)C(=O)CCCCl)c1. The van der Waals surface area contributed by atoms with Crippen LogP contribution in [0.2, 0.25) is 0 Å². The van der Waals surface area contributed by atoms with Crippen molar-refractivity contribution in [2.75, 3.05) is 17.8 Å². The van der Waals surface area contributed by atoms with Gasteiger partial charge in [-0.15, -0.1) is 11.6 Å². The van der Waals surface area contributed by atoms with Gasteiger partial charge in [-0.05, 0) is 43.5 Å². The van der Waals surface area contributed by atoms with Gasteiger partial charge in [-0.1, -0.05) is 6.07 Å². The predicted octanol–water partition coefficient (Wildman–Crippen LogP) is 3.29. The van der Waals surface area contributed by atoms with Crippen LogP contribution < -0.4 is 4.90 Å². The van der Waals surface area contributed by atoms with Crippen LogP contribution in [0.3, 0.4) is 0 Å². The molecule has 1 rings (SSSR count). The fourth-order valence-electron chi connectivity index (χ4n) is 1.67. The van der Waals surface area contributed by atoms with E-state index >= 15 is 0 Å². The molecule has 1 amide bonds. The molecule has 0 N–H and O–H groups in total. The van der Waals surface area contributed by atoms with Crippen LogP contribution in [0.4, 0.5) is 5.69 Å². The van der Waals surface area contributed by atoms with E-state index < -0.39 is 0 Å². The Morgan fingerprint density at radius 2 is 1.81 bits per heavy atom. The van der Waals surface area contributed by atoms with Gasteiger partial charge in [0.15, 0.2) is 0 Å². The standard InChI is InChI=1S/C13H18ClNO/c1-10-7-11(2)9-12(8-10)15(3)13(16)5-4-6-14/h7-9H,4-6H2,1-3H3. The van der Waals surface area contributed by atoms with Gasteiger partial charge in [0.05, 0.1) is 0 Å². The molecule has 3 heteroatoms. The van der Waals surface area contributed by atoms with Crippen molar-refractivity contribution in [3.63, 3.8) is 0 Å². The van der Waals surface area contributed by atoms with Gasteiger partial charge >= 0.3 is 0 Å². The van der Waals surface area contributed by atoms with Crippen molar-refractivity contribution in [1.29, 1.82) is 0 Å². The fraction of sp³-hybridized carbons (Fsp3) is 0.462. The first-order valence-corrected chi connectivity index (χ1v) is 5.99. The second-order valence-electron chi connectivity index (χ2n) is 4.09. The molecule has 1 aromatic rings. The van der Waals surface area contributed by atoms with Crippen molar-refractivity contribution in [1.82, 2.24) is 0 Å². The lowest BCUT2D eigenvalue weighted by atomic mass is 10.1. The molecular formula is C13H18ClNO. The Morgan fingerprint density at radius 3 is 2.31 bits per heavy atom. The zero-order valence-corrected chi connectivity index (χ0v) is 10.8. The van der Waals surface area contributed by atoms with E-state index in [-0.39, 0.29) is 5.91 Å². The van der Waals surface area contributed by atoms with Crippen molar-refractivity contribution in [2.24, 2.45) is 0 Å². The van der Waals surface area contributed by atoms with Crippen LogP contribution >= 0.6 is 11.6 Å². The normalized spacial score (nSPS) is 10.2. The number of rotatable bonds is 4. The minimum absolute atomic E-state index is 0.116. The Labute approximate surface area is 102 Å². The third kappa shape index (κ3) is 3.53. The molecule has 0 aliphatic heterocycles. The van der Waals surface area contributed by atoms with Crippen LogP contribution in [-0.2, 0) is 4.79 Å². The Bertz CT molecular complexity index is 356. The summed E-state index contributed by atoms with van der Waals surface area (Å²) < 4.78 is 0. The molecule has 0 spiro atoms. The summed E-state index contributed by atoms with van der Waals surface area (Å²) >= 11 is 5.58. The number of anilines is 1. The monoisotopic (exact) mass is 239 g/mol. The second-order valence-corrected chi connectivity index (χ2v) is 4.47. The van der Waals surface area contributed by atoms with E-state index in [9.17, 15) is 4.79 Å². The van der Waals surface area contributed by atoms with Gasteiger partial charge in [0.25, 0.3) is 0 Å². The highest BCUT2D eigenvalue weighted by molar-refractivity contribution is 6.18. The molecule has 1 aromatic carbocycles. The molecule has 0 saturated carbocycles. The van der Waals surface area contributed by atoms with Gasteiger partial charge in [0.1, 0.15) is 0 Å². The number of alkyl halides is 1. The molecule has 0 radical (unpaired) electrons. The summed E-state index contributed by atoms with van der Waals surface area (Å²) in [6, 6.07) is 6.14. The maximum atomic E-state index is 11.8. The zero-order chi connectivity index (χ0) is 12.1. The van der Waals surface area contributed by atoms with Crippen LogP contribution in [0.25, 0.3) is 0 Å². The van der Waals surface area contributed by atoms with E-state index in [1.165, 1.54) is 11.1 Å². The van der Waals surface area contributed by atoms with Gasteiger partial charge < -0.3 is 4.90 Å². The summed E-state index contributed by atoms with van der Waals surface area (Å²) in [6.07, 6.45) is 1.24. The van der Waals surface area contributed by atoms with Crippen molar-refractivity contribution in [2.45, 2.75) is 26.7 Å². The highest BCUT2D eigenvalue weighted by Crippen LogP contribution is 2.18. The maximum absolute atomic E-state index is 11.8. The Morgan fingerprint density at radius 1 is 1.25 bits per heavy atom. The third-order valence-electron chi connectivity index (χ3n) is 2.49. The van der Waals surface area contributed by atoms with Crippen LogP contribution in [0.15, 0.2) is 18.2 Å². The number of nitrogens with zero attached hydrogens (tertiary/aromatic N) is 1. The molecule has 0 aromatic heterocycles. The molecule has 0 bridgehead atoms. The highest BCUT2D eigenvalue weighted by atomic mass is 35.5. The van der Waals surface area contributed by atoms with Crippen LogP contribution in [0.5, 0.6) is 0 Å². The largest absolute Gasteiger partial charge is 0.315 e. The van der Waals surface area contributed by atoms with Gasteiger partial charge in [0.2, 0.25) is 5.91 Å². The molecule has 0 aliphatic rings. The molecule has 0 fully saturated rings. The van der Waals surface area contributed by atoms with Gasteiger partial charge in [-0.25, -0.2) is 0 Å². The first-order chi connectivity index (χ1) is 7.54. The van der Waals surface area contributed by atoms with Crippen molar-refractivity contribution < 1.29 is 4.79 Å². The molecule has 0 aliphatic carbocycles. The lowest BCUT2D eigenvalue weighted by molar-refractivity contribution is -0.118. The van der Waals surface area contributed by atoms with Crippen LogP contribution in [0, 0.1) is 13.8 Å². The summed E-state index contributed by atoms with van der Waals surface area (Å²) in [6.45, 7) is 4.07. The first-order valence-electron chi connectivity index (χ1n) is 5.45. The minimum Gasteiger partial charge on any atom is -0.315 e. The molecule has 0 saturated heterocycles. The molecule has 16 heavy (non-hydrogen) atoms.